The molecule has 11 heteroatoms. The highest BCUT2D eigenvalue weighted by Crippen LogP contribution is 2.29. The van der Waals surface area contributed by atoms with Crippen LogP contribution in [0.5, 0.6) is 0 Å². The summed E-state index contributed by atoms with van der Waals surface area (Å²) in [6.45, 7) is 6.14. The van der Waals surface area contributed by atoms with Crippen LogP contribution in [0.4, 0.5) is 4.39 Å². The van der Waals surface area contributed by atoms with Gasteiger partial charge in [-0.3, -0.25) is 4.79 Å². The lowest BCUT2D eigenvalue weighted by Gasteiger charge is -2.31. The number of rotatable bonds is 11. The van der Waals surface area contributed by atoms with Crippen molar-refractivity contribution in [2.75, 3.05) is 13.7 Å². The van der Waals surface area contributed by atoms with E-state index in [1.165, 1.54) is 18.7 Å². The SMILES string of the molecule is COC(=O)[C@H](C(C)C)N(CCCc1cn(Cc2ccc(C)cc2)nn1)S(=O)(=O)c1ccc(F)cc1Br. The van der Waals surface area contributed by atoms with Crippen molar-refractivity contribution in [3.8, 4) is 0 Å². The fourth-order valence-electron chi connectivity index (χ4n) is 3.89. The average Bonchev–Trinajstić information content (AvgIpc) is 3.26. The number of carbonyl (C=O) groups is 1. The predicted molar refractivity (Wildman–Crippen MR) is 137 cm³/mol. The smallest absolute Gasteiger partial charge is 0.324 e. The molecular formula is C25H30BrFN4O4S. The van der Waals surface area contributed by atoms with Gasteiger partial charge in [0.1, 0.15) is 11.9 Å². The van der Waals surface area contributed by atoms with E-state index in [1.807, 2.05) is 37.4 Å². The van der Waals surface area contributed by atoms with E-state index in [0.29, 0.717) is 25.1 Å². The number of methoxy groups -OCH3 is 1. The number of ether oxygens (including phenoxy) is 1. The summed E-state index contributed by atoms with van der Waals surface area (Å²) in [6.07, 6.45) is 2.67. The summed E-state index contributed by atoms with van der Waals surface area (Å²) in [5.41, 5.74) is 2.98. The van der Waals surface area contributed by atoms with Gasteiger partial charge >= 0.3 is 5.97 Å². The number of carbonyl (C=O) groups excluding carboxylic acids is 1. The number of nitrogens with zero attached hydrogens (tertiary/aromatic N) is 4. The quantitative estimate of drug-likeness (QED) is 0.313. The summed E-state index contributed by atoms with van der Waals surface area (Å²) in [4.78, 5) is 12.5. The van der Waals surface area contributed by atoms with Crippen LogP contribution in [-0.2, 0) is 32.5 Å². The Morgan fingerprint density at radius 1 is 1.19 bits per heavy atom. The van der Waals surface area contributed by atoms with E-state index in [-0.39, 0.29) is 21.8 Å². The highest BCUT2D eigenvalue weighted by Gasteiger charge is 2.39. The largest absolute Gasteiger partial charge is 0.468 e. The number of benzene rings is 2. The van der Waals surface area contributed by atoms with Crippen LogP contribution in [0.15, 0.2) is 58.0 Å². The Morgan fingerprint density at radius 2 is 1.89 bits per heavy atom. The second-order valence-corrected chi connectivity index (χ2v) is 11.6. The maximum atomic E-state index is 13.6. The minimum absolute atomic E-state index is 0.0366. The first-order valence-electron chi connectivity index (χ1n) is 11.5. The second kappa shape index (κ2) is 12.1. The number of sulfonamides is 1. The third-order valence-electron chi connectivity index (χ3n) is 5.73. The lowest BCUT2D eigenvalue weighted by atomic mass is 10.0. The molecule has 0 N–H and O–H groups in total. The molecule has 0 saturated carbocycles. The molecule has 36 heavy (non-hydrogen) atoms. The van der Waals surface area contributed by atoms with E-state index in [4.69, 9.17) is 4.74 Å². The molecule has 8 nitrogen and oxygen atoms in total. The second-order valence-electron chi connectivity index (χ2n) is 8.90. The van der Waals surface area contributed by atoms with Crippen LogP contribution in [0, 0.1) is 18.7 Å². The van der Waals surface area contributed by atoms with Gasteiger partial charge in [0.15, 0.2) is 0 Å². The van der Waals surface area contributed by atoms with Gasteiger partial charge in [0.05, 0.1) is 24.2 Å². The number of hydrogen-bond acceptors (Lipinski definition) is 6. The average molecular weight is 582 g/mol. The molecule has 1 atom stereocenters. The molecule has 0 bridgehead atoms. The monoisotopic (exact) mass is 580 g/mol. The van der Waals surface area contributed by atoms with E-state index < -0.39 is 27.9 Å². The number of esters is 1. The summed E-state index contributed by atoms with van der Waals surface area (Å²) in [6, 6.07) is 10.4. The Hall–Kier alpha value is -2.63. The van der Waals surface area contributed by atoms with Gasteiger partial charge in [-0.1, -0.05) is 48.9 Å². The Balaban J connectivity index is 1.79. The van der Waals surface area contributed by atoms with Crippen molar-refractivity contribution in [1.29, 1.82) is 0 Å². The Bertz CT molecular complexity index is 1300. The third-order valence-corrected chi connectivity index (χ3v) is 8.59. The summed E-state index contributed by atoms with van der Waals surface area (Å²) in [5.74, 6) is -1.59. The first kappa shape index (κ1) is 27.9. The van der Waals surface area contributed by atoms with E-state index in [2.05, 4.69) is 26.2 Å². The summed E-state index contributed by atoms with van der Waals surface area (Å²) in [5, 5.41) is 8.38. The van der Waals surface area contributed by atoms with Crippen molar-refractivity contribution in [2.45, 2.75) is 51.1 Å². The predicted octanol–water partition coefficient (Wildman–Crippen LogP) is 4.36. The minimum atomic E-state index is -4.16. The molecule has 0 fully saturated rings. The fraction of sp³-hybridized carbons (Fsp3) is 0.400. The van der Waals surface area contributed by atoms with Crippen molar-refractivity contribution in [3.63, 3.8) is 0 Å². The molecule has 2 aromatic carbocycles. The van der Waals surface area contributed by atoms with Crippen LogP contribution in [0.3, 0.4) is 0 Å². The van der Waals surface area contributed by atoms with Crippen molar-refractivity contribution in [2.24, 2.45) is 5.92 Å². The van der Waals surface area contributed by atoms with E-state index in [0.717, 1.165) is 22.0 Å². The maximum absolute atomic E-state index is 13.6. The Morgan fingerprint density at radius 3 is 2.50 bits per heavy atom. The molecule has 0 unspecified atom stereocenters. The zero-order chi connectivity index (χ0) is 26.5. The van der Waals surface area contributed by atoms with Gasteiger partial charge in [-0.2, -0.15) is 4.31 Å². The molecule has 1 heterocycles. The van der Waals surface area contributed by atoms with Gasteiger partial charge < -0.3 is 4.74 Å². The summed E-state index contributed by atoms with van der Waals surface area (Å²) in [7, 11) is -2.94. The van der Waals surface area contributed by atoms with Crippen LogP contribution < -0.4 is 0 Å². The van der Waals surface area contributed by atoms with Crippen molar-refractivity contribution in [1.82, 2.24) is 19.3 Å². The molecule has 194 valence electrons. The zero-order valence-corrected chi connectivity index (χ0v) is 23.1. The van der Waals surface area contributed by atoms with Gasteiger partial charge in [-0.25, -0.2) is 17.5 Å². The number of aromatic nitrogens is 3. The normalized spacial score (nSPS) is 12.8. The zero-order valence-electron chi connectivity index (χ0n) is 20.7. The van der Waals surface area contributed by atoms with Gasteiger partial charge in [0.2, 0.25) is 10.0 Å². The van der Waals surface area contributed by atoms with Crippen molar-refractivity contribution in [3.05, 3.63) is 75.8 Å². The van der Waals surface area contributed by atoms with E-state index in [1.54, 1.807) is 18.5 Å². The summed E-state index contributed by atoms with van der Waals surface area (Å²) >= 11 is 3.15. The number of aryl methyl sites for hydroxylation is 2. The molecule has 1 aromatic heterocycles. The number of hydrogen-bond donors (Lipinski definition) is 0. The van der Waals surface area contributed by atoms with Gasteiger partial charge in [0.25, 0.3) is 0 Å². The highest BCUT2D eigenvalue weighted by molar-refractivity contribution is 9.10. The molecule has 0 saturated heterocycles. The molecule has 0 radical (unpaired) electrons. The van der Waals surface area contributed by atoms with Crippen LogP contribution in [0.2, 0.25) is 0 Å². The van der Waals surface area contributed by atoms with E-state index in [9.17, 15) is 17.6 Å². The van der Waals surface area contributed by atoms with Crippen LogP contribution in [-0.4, -0.2) is 53.4 Å². The van der Waals surface area contributed by atoms with Gasteiger partial charge in [-0.15, -0.1) is 5.10 Å². The first-order chi connectivity index (χ1) is 17.0. The van der Waals surface area contributed by atoms with Gasteiger partial charge in [0, 0.05) is 17.2 Å². The Labute approximate surface area is 219 Å². The van der Waals surface area contributed by atoms with Gasteiger partial charge in [-0.05, 0) is 65.4 Å². The van der Waals surface area contributed by atoms with Crippen LogP contribution in [0.1, 0.15) is 37.1 Å². The summed E-state index contributed by atoms with van der Waals surface area (Å²) < 4.78 is 48.8. The lowest BCUT2D eigenvalue weighted by Crippen LogP contribution is -2.49. The van der Waals surface area contributed by atoms with Crippen molar-refractivity contribution < 1.29 is 22.3 Å². The van der Waals surface area contributed by atoms with Crippen molar-refractivity contribution >= 4 is 31.9 Å². The first-order valence-corrected chi connectivity index (χ1v) is 13.8. The van der Waals surface area contributed by atoms with Crippen LogP contribution in [0.25, 0.3) is 0 Å². The molecule has 3 rings (SSSR count). The fourth-order valence-corrected chi connectivity index (χ4v) is 6.65. The molecule has 0 aliphatic heterocycles. The minimum Gasteiger partial charge on any atom is -0.468 e. The maximum Gasteiger partial charge on any atom is 0.324 e. The molecule has 0 spiro atoms. The highest BCUT2D eigenvalue weighted by atomic mass is 79.9. The topological polar surface area (TPSA) is 94.4 Å². The van der Waals surface area contributed by atoms with Crippen LogP contribution >= 0.6 is 15.9 Å². The Kier molecular flexibility index (Phi) is 9.37. The van der Waals surface area contributed by atoms with E-state index >= 15 is 0 Å². The standard InChI is InChI=1S/C25H30BrFN4O4S/c1-17(2)24(25(32)35-4)31(36(33,34)23-12-11-20(27)14-22(23)26)13-5-6-21-16-30(29-28-21)15-19-9-7-18(3)8-10-19/h7-12,14,16-17,24H,5-6,13,15H2,1-4H3/t24-/m0/s1. The molecule has 0 aliphatic rings. The molecule has 3 aromatic rings. The molecule has 0 aliphatic carbocycles. The lowest BCUT2D eigenvalue weighted by molar-refractivity contribution is -0.146. The molecule has 0 amide bonds. The molecular weight excluding hydrogens is 551 g/mol. The number of halogens is 2. The third kappa shape index (κ3) is 6.77.